The predicted molar refractivity (Wildman–Crippen MR) is 260 cm³/mol. The molecule has 0 radical (unpaired) electrons. The summed E-state index contributed by atoms with van der Waals surface area (Å²) in [7, 11) is 4.58. The van der Waals surface area contributed by atoms with Gasteiger partial charge in [0.15, 0.2) is 5.78 Å². The molecule has 2 heterocycles. The third kappa shape index (κ3) is 17.4. The Hall–Kier alpha value is -3.45. The number of hydrogen-bond acceptors (Lipinski definition) is 14. The molecule has 0 unspecified atom stereocenters. The normalized spacial score (nSPS) is 28.7. The van der Waals surface area contributed by atoms with Gasteiger partial charge in [-0.25, -0.2) is 4.79 Å². The number of rotatable bonds is 28. The molecule has 0 aromatic heterocycles. The lowest BCUT2D eigenvalue weighted by molar-refractivity contribution is -0.265. The lowest BCUT2D eigenvalue weighted by Crippen LogP contribution is -2.60. The zero-order valence-corrected chi connectivity index (χ0v) is 42.9. The van der Waals surface area contributed by atoms with Crippen molar-refractivity contribution in [3.05, 3.63) is 47.6 Å². The van der Waals surface area contributed by atoms with Crippen molar-refractivity contribution in [2.75, 3.05) is 41.1 Å². The number of carboxylic acid groups (broad SMARTS) is 1. The average molecular weight is 976 g/mol. The summed E-state index contributed by atoms with van der Waals surface area (Å²) in [5, 5.41) is 52.5. The van der Waals surface area contributed by atoms with Gasteiger partial charge in [0.05, 0.1) is 43.7 Å². The molecule has 1 amide bonds. The highest BCUT2D eigenvalue weighted by Crippen LogP contribution is 2.37. The first-order valence-corrected chi connectivity index (χ1v) is 25.0. The fraction of sp³-hybridized carbons (Fsp3) is 0.755. The summed E-state index contributed by atoms with van der Waals surface area (Å²) in [4.78, 5) is 66.4. The van der Waals surface area contributed by atoms with Gasteiger partial charge < -0.3 is 54.1 Å². The second kappa shape index (κ2) is 29.2. The lowest BCUT2D eigenvalue weighted by Gasteiger charge is -2.42. The Kier molecular flexibility index (Phi) is 25.3. The molecule has 2 aliphatic heterocycles. The van der Waals surface area contributed by atoms with E-state index in [1.165, 1.54) is 7.11 Å². The van der Waals surface area contributed by atoms with Crippen molar-refractivity contribution < 1.29 is 73.2 Å². The van der Waals surface area contributed by atoms with Crippen LogP contribution >= 0.6 is 0 Å². The van der Waals surface area contributed by atoms with Crippen molar-refractivity contribution in [2.45, 2.75) is 180 Å². The highest BCUT2D eigenvalue weighted by Gasteiger charge is 2.53. The number of amides is 1. The third-order valence-electron chi connectivity index (χ3n) is 14.7. The number of hydrogen-bond donors (Lipinski definition) is 5. The largest absolute Gasteiger partial charge is 0.480 e. The second-order valence-corrected chi connectivity index (χ2v) is 20.1. The van der Waals surface area contributed by atoms with Crippen molar-refractivity contribution >= 4 is 29.2 Å². The molecular formula is C53H85NO15. The Morgan fingerprint density at radius 2 is 1.58 bits per heavy atom. The Morgan fingerprint density at radius 3 is 2.22 bits per heavy atom. The van der Waals surface area contributed by atoms with Gasteiger partial charge in [-0.15, -0.1) is 0 Å². The van der Waals surface area contributed by atoms with E-state index < -0.39 is 77.8 Å². The SMILES string of the molecule is CO[C@@H](C[C@@H]1CC[C@@H](C)[C@](O)(C(=O)C(=O)N2CCCC[C@H]2C(=O)O)O1)\C(C)=C/C=C\C=C/[C@@H](C)C[C@H](C)C(=O)[C@@H](OC)[C@H](O)/C(C)=C\[C@@H](C)C(=O)C[C@@H](O)[C@H](C)C[C@H]1CC[C@H](OCCO)[C@@H](OC)C1. The molecule has 3 fully saturated rings. The van der Waals surface area contributed by atoms with Crippen LogP contribution < -0.4 is 0 Å². The van der Waals surface area contributed by atoms with Gasteiger partial charge in [-0.1, -0.05) is 71.1 Å². The van der Waals surface area contributed by atoms with Crippen LogP contribution in [0.4, 0.5) is 0 Å². The molecule has 1 saturated carbocycles. The van der Waals surface area contributed by atoms with Gasteiger partial charge >= 0.3 is 5.97 Å². The number of piperidine rings is 1. The zero-order valence-electron chi connectivity index (χ0n) is 42.9. The van der Waals surface area contributed by atoms with Gasteiger partial charge in [-0.05, 0) is 107 Å². The van der Waals surface area contributed by atoms with E-state index in [2.05, 4.69) is 0 Å². The maximum Gasteiger partial charge on any atom is 0.326 e. The molecule has 3 rings (SSSR count). The van der Waals surface area contributed by atoms with Crippen LogP contribution in [0.3, 0.4) is 0 Å². The van der Waals surface area contributed by atoms with Crippen LogP contribution in [-0.4, -0.2) is 155 Å². The van der Waals surface area contributed by atoms with Crippen molar-refractivity contribution in [1.29, 1.82) is 0 Å². The fourth-order valence-corrected chi connectivity index (χ4v) is 10.1. The van der Waals surface area contributed by atoms with Crippen LogP contribution in [0.5, 0.6) is 0 Å². The van der Waals surface area contributed by atoms with E-state index in [4.69, 9.17) is 28.8 Å². The average Bonchev–Trinajstić information content (AvgIpc) is 3.32. The number of carboxylic acids is 1. The quantitative estimate of drug-likeness (QED) is 0.0359. The van der Waals surface area contributed by atoms with Crippen LogP contribution in [0.15, 0.2) is 47.6 Å². The summed E-state index contributed by atoms with van der Waals surface area (Å²) < 4.78 is 28.7. The molecule has 69 heavy (non-hydrogen) atoms. The summed E-state index contributed by atoms with van der Waals surface area (Å²) in [5.74, 6) is -7.74. The number of ether oxygens (including phenoxy) is 5. The number of methoxy groups -OCH3 is 3. The minimum absolute atomic E-state index is 0.00502. The Morgan fingerprint density at radius 1 is 0.870 bits per heavy atom. The van der Waals surface area contributed by atoms with E-state index in [9.17, 15) is 44.4 Å². The molecule has 16 heteroatoms. The molecule has 15 atom stereocenters. The summed E-state index contributed by atoms with van der Waals surface area (Å²) in [5.41, 5.74) is 1.29. The first kappa shape index (κ1) is 59.9. The van der Waals surface area contributed by atoms with Crippen LogP contribution in [0.25, 0.3) is 0 Å². The molecule has 2 saturated heterocycles. The number of nitrogens with zero attached hydrogens (tertiary/aromatic N) is 1. The van der Waals surface area contributed by atoms with Crippen LogP contribution in [-0.2, 0) is 47.7 Å². The number of Topliss-reactive ketones (excluding diaryl/α,β-unsaturated/α-hetero) is 3. The number of carbonyl (C=O) groups excluding carboxylic acids is 4. The molecular weight excluding hydrogens is 891 g/mol. The smallest absolute Gasteiger partial charge is 0.326 e. The number of carbonyl (C=O) groups is 5. The number of aliphatic carboxylic acids is 1. The zero-order chi connectivity index (χ0) is 51.6. The van der Waals surface area contributed by atoms with E-state index in [0.29, 0.717) is 50.0 Å². The van der Waals surface area contributed by atoms with Crippen LogP contribution in [0.1, 0.15) is 126 Å². The fourth-order valence-electron chi connectivity index (χ4n) is 10.1. The molecule has 5 N–H and O–H groups in total. The molecule has 392 valence electrons. The maximum absolute atomic E-state index is 13.6. The van der Waals surface area contributed by atoms with Crippen molar-refractivity contribution in [3.63, 3.8) is 0 Å². The topological polar surface area (TPSA) is 236 Å². The van der Waals surface area contributed by atoms with Crippen molar-refractivity contribution in [3.8, 4) is 0 Å². The standard InChI is InChI=1S/C53H85NO15/c1-32(16-12-11-13-17-33(2)45(65-8)30-40-21-19-38(7)53(64,69-40)50(60)51(61)54-23-15-14-18-41(54)52(62)63)26-36(5)47(58)49(67-10)48(59)37(6)27-34(3)42(56)31-43(57)35(4)28-39-20-22-44(68-25-24-55)46(29-39)66-9/h11-13,16-17,27,32,34-36,38-41,43-46,48-49,55,57,59,64H,14-15,18-26,28-31H2,1-10H3,(H,62,63)/b13-11-,16-12-,33-17-,37-27-/t32-,34-,35-,36+,38-,39-,40+,41+,43-,44+,45+,46+,48-,49-,53-/m1/s1. The number of likely N-dealkylation sites (tertiary alicyclic amines) is 1. The van der Waals surface area contributed by atoms with Crippen LogP contribution in [0, 0.1) is 35.5 Å². The number of ketones is 3. The van der Waals surface area contributed by atoms with Gasteiger partial charge in [-0.3, -0.25) is 19.2 Å². The molecule has 16 nitrogen and oxygen atoms in total. The monoisotopic (exact) mass is 976 g/mol. The summed E-state index contributed by atoms with van der Waals surface area (Å²) in [6.07, 6.45) is 13.0. The van der Waals surface area contributed by atoms with E-state index in [-0.39, 0.29) is 68.2 Å². The minimum Gasteiger partial charge on any atom is -0.480 e. The van der Waals surface area contributed by atoms with E-state index >= 15 is 0 Å². The predicted octanol–water partition coefficient (Wildman–Crippen LogP) is 5.72. The highest BCUT2D eigenvalue weighted by molar-refractivity contribution is 6.39. The molecule has 0 spiro atoms. The maximum atomic E-state index is 13.6. The van der Waals surface area contributed by atoms with Gasteiger partial charge in [0.2, 0.25) is 5.79 Å². The second-order valence-electron chi connectivity index (χ2n) is 20.1. The van der Waals surface area contributed by atoms with Gasteiger partial charge in [0.1, 0.15) is 24.0 Å². The van der Waals surface area contributed by atoms with Gasteiger partial charge in [0, 0.05) is 58.5 Å². The van der Waals surface area contributed by atoms with Crippen molar-refractivity contribution in [2.24, 2.45) is 35.5 Å². The number of aliphatic hydroxyl groups excluding tert-OH is 3. The Balaban J connectivity index is 1.50. The van der Waals surface area contributed by atoms with Crippen LogP contribution in [0.2, 0.25) is 0 Å². The van der Waals surface area contributed by atoms with Gasteiger partial charge in [-0.2, -0.15) is 0 Å². The summed E-state index contributed by atoms with van der Waals surface area (Å²) >= 11 is 0. The third-order valence-corrected chi connectivity index (χ3v) is 14.7. The lowest BCUT2D eigenvalue weighted by atomic mass is 9.78. The minimum atomic E-state index is -2.39. The molecule has 3 aliphatic rings. The Labute approximate surface area is 410 Å². The van der Waals surface area contributed by atoms with E-state index in [1.807, 2.05) is 51.2 Å². The molecule has 1 aliphatic carbocycles. The Bertz CT molecular complexity index is 1790. The number of aliphatic hydroxyl groups is 4. The molecule has 0 aromatic rings. The summed E-state index contributed by atoms with van der Waals surface area (Å²) in [6, 6.07) is -1.12. The van der Waals surface area contributed by atoms with Gasteiger partial charge in [0.25, 0.3) is 11.7 Å². The number of allylic oxidation sites excluding steroid dienone is 6. The molecule has 0 aromatic carbocycles. The highest BCUT2D eigenvalue weighted by atomic mass is 16.6. The van der Waals surface area contributed by atoms with Crippen molar-refractivity contribution in [1.82, 2.24) is 4.90 Å². The first-order chi connectivity index (χ1) is 32.6. The summed E-state index contributed by atoms with van der Waals surface area (Å²) in [6.45, 7) is 13.0. The first-order valence-electron chi connectivity index (χ1n) is 25.0. The molecule has 0 bridgehead atoms. The van der Waals surface area contributed by atoms with E-state index in [0.717, 1.165) is 36.2 Å². The van der Waals surface area contributed by atoms with E-state index in [1.54, 1.807) is 48.0 Å².